The third-order valence-electron chi connectivity index (χ3n) is 3.48. The molecule has 0 radical (unpaired) electrons. The largest absolute Gasteiger partial charge is 0.495 e. The van der Waals surface area contributed by atoms with E-state index in [-0.39, 0.29) is 29.1 Å². The smallest absolute Gasteiger partial charge is 0.310 e. The molecule has 0 saturated heterocycles. The Balaban J connectivity index is 2.11. The van der Waals surface area contributed by atoms with Crippen molar-refractivity contribution in [3.63, 3.8) is 0 Å². The third-order valence-corrected chi connectivity index (χ3v) is 4.42. The number of carbonyl (C=O) groups excluding carboxylic acids is 1. The SMILES string of the molecule is COc1ccc(CC(=O)OC2CCCC2)cc1S(N)(=O)=O. The number of sulfonamides is 1. The van der Waals surface area contributed by atoms with Crippen molar-refractivity contribution >= 4 is 16.0 Å². The minimum atomic E-state index is -3.90. The summed E-state index contributed by atoms with van der Waals surface area (Å²) in [6.07, 6.45) is 3.97. The number of primary sulfonamides is 1. The first-order valence-corrected chi connectivity index (χ1v) is 8.34. The summed E-state index contributed by atoms with van der Waals surface area (Å²) >= 11 is 0. The highest BCUT2D eigenvalue weighted by molar-refractivity contribution is 7.89. The van der Waals surface area contributed by atoms with Crippen LogP contribution in [0, 0.1) is 0 Å². The summed E-state index contributed by atoms with van der Waals surface area (Å²) in [4.78, 5) is 11.7. The van der Waals surface area contributed by atoms with Crippen LogP contribution in [-0.4, -0.2) is 27.6 Å². The maximum absolute atomic E-state index is 11.8. The summed E-state index contributed by atoms with van der Waals surface area (Å²) in [5, 5.41) is 5.14. The van der Waals surface area contributed by atoms with Crippen LogP contribution in [-0.2, 0) is 26.0 Å². The van der Waals surface area contributed by atoms with Crippen LogP contribution in [0.2, 0.25) is 0 Å². The number of methoxy groups -OCH3 is 1. The molecule has 0 atom stereocenters. The summed E-state index contributed by atoms with van der Waals surface area (Å²) in [5.41, 5.74) is 0.530. The monoisotopic (exact) mass is 313 g/mol. The number of carbonyl (C=O) groups is 1. The van der Waals surface area contributed by atoms with Gasteiger partial charge in [-0.3, -0.25) is 4.79 Å². The predicted molar refractivity (Wildman–Crippen MR) is 76.4 cm³/mol. The molecule has 1 saturated carbocycles. The summed E-state index contributed by atoms with van der Waals surface area (Å²) in [7, 11) is -2.54. The maximum atomic E-state index is 11.8. The van der Waals surface area contributed by atoms with Crippen molar-refractivity contribution in [1.29, 1.82) is 0 Å². The van der Waals surface area contributed by atoms with Crippen molar-refractivity contribution in [2.45, 2.75) is 43.1 Å². The Hall–Kier alpha value is -1.60. The van der Waals surface area contributed by atoms with E-state index in [0.717, 1.165) is 25.7 Å². The maximum Gasteiger partial charge on any atom is 0.310 e. The van der Waals surface area contributed by atoms with Crippen LogP contribution < -0.4 is 9.88 Å². The molecule has 6 nitrogen and oxygen atoms in total. The van der Waals surface area contributed by atoms with E-state index in [9.17, 15) is 13.2 Å². The lowest BCUT2D eigenvalue weighted by Crippen LogP contribution is -2.17. The molecular weight excluding hydrogens is 294 g/mol. The predicted octanol–water partition coefficient (Wildman–Crippen LogP) is 1.37. The van der Waals surface area contributed by atoms with E-state index in [1.165, 1.54) is 19.2 Å². The quantitative estimate of drug-likeness (QED) is 0.828. The first-order chi connectivity index (χ1) is 9.90. The fourth-order valence-corrected chi connectivity index (χ4v) is 3.20. The van der Waals surface area contributed by atoms with Gasteiger partial charge in [0.15, 0.2) is 0 Å². The minimum Gasteiger partial charge on any atom is -0.495 e. The number of ether oxygens (including phenoxy) is 2. The summed E-state index contributed by atoms with van der Waals surface area (Å²) < 4.78 is 33.3. The highest BCUT2D eigenvalue weighted by Crippen LogP contribution is 2.25. The molecule has 1 fully saturated rings. The van der Waals surface area contributed by atoms with Crippen LogP contribution in [0.5, 0.6) is 5.75 Å². The van der Waals surface area contributed by atoms with E-state index in [4.69, 9.17) is 14.6 Å². The second kappa shape index (κ2) is 6.44. The van der Waals surface area contributed by atoms with Crippen molar-refractivity contribution in [1.82, 2.24) is 0 Å². The number of rotatable bonds is 5. The van der Waals surface area contributed by atoms with Gasteiger partial charge in [-0.2, -0.15) is 0 Å². The zero-order valence-electron chi connectivity index (χ0n) is 11.9. The van der Waals surface area contributed by atoms with Crippen LogP contribution in [0.1, 0.15) is 31.2 Å². The molecule has 0 aromatic heterocycles. The molecule has 1 aliphatic carbocycles. The molecule has 0 aliphatic heterocycles. The normalized spacial score (nSPS) is 15.9. The number of nitrogens with two attached hydrogens (primary N) is 1. The Morgan fingerprint density at radius 1 is 1.33 bits per heavy atom. The van der Waals surface area contributed by atoms with Crippen molar-refractivity contribution in [3.05, 3.63) is 23.8 Å². The number of esters is 1. The molecule has 1 aromatic rings. The second-order valence-corrected chi connectivity index (χ2v) is 6.63. The number of hydrogen-bond acceptors (Lipinski definition) is 5. The molecule has 2 rings (SSSR count). The van der Waals surface area contributed by atoms with Crippen LogP contribution >= 0.6 is 0 Å². The lowest BCUT2D eigenvalue weighted by Gasteiger charge is -2.12. The standard InChI is InChI=1S/C14H19NO5S/c1-19-12-7-6-10(8-13(12)21(15,17)18)9-14(16)20-11-4-2-3-5-11/h6-8,11H,2-5,9H2,1H3,(H2,15,17,18). The Bertz CT molecular complexity index is 620. The topological polar surface area (TPSA) is 95.7 Å². The van der Waals surface area contributed by atoms with Gasteiger partial charge in [-0.15, -0.1) is 0 Å². The van der Waals surface area contributed by atoms with E-state index in [1.54, 1.807) is 6.07 Å². The van der Waals surface area contributed by atoms with Gasteiger partial charge < -0.3 is 9.47 Å². The van der Waals surface area contributed by atoms with Gasteiger partial charge in [-0.05, 0) is 43.4 Å². The Morgan fingerprint density at radius 3 is 2.57 bits per heavy atom. The van der Waals surface area contributed by atoms with Gasteiger partial charge in [0.1, 0.15) is 16.7 Å². The highest BCUT2D eigenvalue weighted by Gasteiger charge is 2.20. The lowest BCUT2D eigenvalue weighted by atomic mass is 10.1. The molecule has 1 aliphatic rings. The molecule has 0 heterocycles. The molecular formula is C14H19NO5S. The van der Waals surface area contributed by atoms with Gasteiger partial charge in [0.25, 0.3) is 0 Å². The molecule has 116 valence electrons. The van der Waals surface area contributed by atoms with Crippen LogP contribution in [0.25, 0.3) is 0 Å². The Kier molecular flexibility index (Phi) is 4.84. The van der Waals surface area contributed by atoms with E-state index < -0.39 is 10.0 Å². The van der Waals surface area contributed by atoms with Crippen molar-refractivity contribution in [2.75, 3.05) is 7.11 Å². The minimum absolute atomic E-state index is 0.00606. The second-order valence-electron chi connectivity index (χ2n) is 5.10. The highest BCUT2D eigenvalue weighted by atomic mass is 32.2. The molecule has 0 unspecified atom stereocenters. The van der Waals surface area contributed by atoms with E-state index >= 15 is 0 Å². The van der Waals surface area contributed by atoms with Gasteiger partial charge in [-0.25, -0.2) is 13.6 Å². The van der Waals surface area contributed by atoms with Gasteiger partial charge in [0.05, 0.1) is 13.5 Å². The fourth-order valence-electron chi connectivity index (χ4n) is 2.45. The molecule has 2 N–H and O–H groups in total. The Labute approximate surface area is 124 Å². The average molecular weight is 313 g/mol. The lowest BCUT2D eigenvalue weighted by molar-refractivity contribution is -0.147. The van der Waals surface area contributed by atoms with Gasteiger partial charge in [0.2, 0.25) is 10.0 Å². The number of hydrogen-bond donors (Lipinski definition) is 1. The average Bonchev–Trinajstić information content (AvgIpc) is 2.90. The van der Waals surface area contributed by atoms with Crippen LogP contribution in [0.3, 0.4) is 0 Å². The van der Waals surface area contributed by atoms with E-state index in [2.05, 4.69) is 0 Å². The van der Waals surface area contributed by atoms with E-state index in [1.807, 2.05) is 0 Å². The zero-order chi connectivity index (χ0) is 15.5. The van der Waals surface area contributed by atoms with E-state index in [0.29, 0.717) is 5.56 Å². The van der Waals surface area contributed by atoms with Crippen molar-refractivity contribution in [2.24, 2.45) is 5.14 Å². The first kappa shape index (κ1) is 15.8. The van der Waals surface area contributed by atoms with Gasteiger partial charge >= 0.3 is 5.97 Å². The molecule has 1 aromatic carbocycles. The molecule has 0 bridgehead atoms. The Morgan fingerprint density at radius 2 is 2.00 bits per heavy atom. The van der Waals surface area contributed by atoms with Crippen LogP contribution in [0.4, 0.5) is 0 Å². The van der Waals surface area contributed by atoms with Gasteiger partial charge in [0, 0.05) is 0 Å². The van der Waals surface area contributed by atoms with Crippen molar-refractivity contribution in [3.8, 4) is 5.75 Å². The van der Waals surface area contributed by atoms with Crippen molar-refractivity contribution < 1.29 is 22.7 Å². The fraction of sp³-hybridized carbons (Fsp3) is 0.500. The summed E-state index contributed by atoms with van der Waals surface area (Å²) in [6.45, 7) is 0. The first-order valence-electron chi connectivity index (χ1n) is 6.79. The third kappa shape index (κ3) is 4.18. The van der Waals surface area contributed by atoms with Gasteiger partial charge in [-0.1, -0.05) is 6.07 Å². The molecule has 7 heteroatoms. The summed E-state index contributed by atoms with van der Waals surface area (Å²) in [5.74, 6) is -0.196. The zero-order valence-corrected chi connectivity index (χ0v) is 12.7. The van der Waals surface area contributed by atoms with Crippen LogP contribution in [0.15, 0.2) is 23.1 Å². The summed E-state index contributed by atoms with van der Waals surface area (Å²) in [6, 6.07) is 4.46. The molecule has 0 amide bonds. The molecule has 0 spiro atoms. The molecule has 21 heavy (non-hydrogen) atoms. The number of benzene rings is 1.